The highest BCUT2D eigenvalue weighted by Crippen LogP contribution is 2.25. The Morgan fingerprint density at radius 3 is 2.47 bits per heavy atom. The van der Waals surface area contributed by atoms with Crippen LogP contribution in [0.25, 0.3) is 10.8 Å². The first-order valence-electron chi connectivity index (χ1n) is 5.76. The zero-order valence-electron chi connectivity index (χ0n) is 10.4. The lowest BCUT2D eigenvalue weighted by Gasteiger charge is -2.17. The van der Waals surface area contributed by atoms with Crippen molar-refractivity contribution >= 4 is 28.3 Å². The minimum atomic E-state index is -1.14. The largest absolute Gasteiger partial charge is 0.478 e. The second-order valence-electron chi connectivity index (χ2n) is 4.07. The van der Waals surface area contributed by atoms with Crippen LogP contribution in [0.1, 0.15) is 0 Å². The predicted molar refractivity (Wildman–Crippen MR) is 74.1 cm³/mol. The summed E-state index contributed by atoms with van der Waals surface area (Å²) in [6.07, 6.45) is 1.88. The smallest absolute Gasteiger partial charge is 0.328 e. The van der Waals surface area contributed by atoms with E-state index in [0.717, 1.165) is 28.6 Å². The minimum absolute atomic E-state index is 0.376. The number of carbonyl (C=O) groups excluding carboxylic acids is 1. The van der Waals surface area contributed by atoms with Crippen molar-refractivity contribution in [1.29, 1.82) is 0 Å². The number of benzene rings is 2. The molecule has 0 spiro atoms. The average Bonchev–Trinajstić information content (AvgIpc) is 2.43. The molecule has 0 saturated carbocycles. The van der Waals surface area contributed by atoms with Crippen LogP contribution in [-0.2, 0) is 9.59 Å². The fraction of sp³-hybridized carbons (Fsp3) is 0.0667. The van der Waals surface area contributed by atoms with Crippen LogP contribution in [0.2, 0.25) is 0 Å². The topological polar surface area (TPSA) is 57.6 Å². The predicted octanol–water partition coefficient (Wildman–Crippen LogP) is 2.44. The van der Waals surface area contributed by atoms with Gasteiger partial charge in [0, 0.05) is 24.6 Å². The van der Waals surface area contributed by atoms with Crippen LogP contribution >= 0.6 is 0 Å². The van der Waals surface area contributed by atoms with E-state index in [1.165, 1.54) is 4.90 Å². The number of rotatable bonds is 3. The number of hydrogen-bond acceptors (Lipinski definition) is 2. The van der Waals surface area contributed by atoms with Crippen LogP contribution in [0.15, 0.2) is 54.6 Å². The summed E-state index contributed by atoms with van der Waals surface area (Å²) in [5, 5.41) is 10.5. The SMILES string of the molecule is CN(C(=O)/C=C/C(=O)O)c1cccc2ccccc12. The van der Waals surface area contributed by atoms with Crippen LogP contribution in [0.4, 0.5) is 5.69 Å². The molecule has 0 aliphatic rings. The molecule has 0 fully saturated rings. The van der Waals surface area contributed by atoms with Crippen molar-refractivity contribution in [2.45, 2.75) is 0 Å². The van der Waals surface area contributed by atoms with Crippen LogP contribution < -0.4 is 4.90 Å². The lowest BCUT2D eigenvalue weighted by atomic mass is 10.1. The van der Waals surface area contributed by atoms with E-state index in [1.54, 1.807) is 7.05 Å². The van der Waals surface area contributed by atoms with Gasteiger partial charge in [-0.15, -0.1) is 0 Å². The maximum absolute atomic E-state index is 11.9. The number of nitrogens with zero attached hydrogens (tertiary/aromatic N) is 1. The molecule has 0 heterocycles. The molecule has 1 N–H and O–H groups in total. The number of aliphatic carboxylic acids is 1. The molecule has 0 aliphatic heterocycles. The summed E-state index contributed by atoms with van der Waals surface area (Å²) >= 11 is 0. The van der Waals surface area contributed by atoms with E-state index in [0.29, 0.717) is 0 Å². The number of carboxylic acid groups (broad SMARTS) is 1. The van der Waals surface area contributed by atoms with E-state index in [1.807, 2.05) is 42.5 Å². The Kier molecular flexibility index (Phi) is 3.61. The molecule has 0 atom stereocenters. The van der Waals surface area contributed by atoms with Gasteiger partial charge in [0.15, 0.2) is 0 Å². The van der Waals surface area contributed by atoms with E-state index < -0.39 is 5.97 Å². The lowest BCUT2D eigenvalue weighted by molar-refractivity contribution is -0.131. The van der Waals surface area contributed by atoms with Crippen molar-refractivity contribution < 1.29 is 14.7 Å². The molecule has 19 heavy (non-hydrogen) atoms. The van der Waals surface area contributed by atoms with Gasteiger partial charge in [0.1, 0.15) is 0 Å². The molecule has 0 unspecified atom stereocenters. The highest BCUT2D eigenvalue weighted by Gasteiger charge is 2.10. The molecule has 1 amide bonds. The van der Waals surface area contributed by atoms with E-state index >= 15 is 0 Å². The molecule has 0 aliphatic carbocycles. The van der Waals surface area contributed by atoms with Crippen molar-refractivity contribution in [2.24, 2.45) is 0 Å². The summed E-state index contributed by atoms with van der Waals surface area (Å²) in [6, 6.07) is 13.4. The third-order valence-electron chi connectivity index (χ3n) is 2.83. The first-order chi connectivity index (χ1) is 9.09. The Balaban J connectivity index is 2.39. The summed E-state index contributed by atoms with van der Waals surface area (Å²) in [6.45, 7) is 0. The van der Waals surface area contributed by atoms with E-state index in [9.17, 15) is 9.59 Å². The fourth-order valence-electron chi connectivity index (χ4n) is 1.87. The second kappa shape index (κ2) is 5.35. The molecule has 2 rings (SSSR count). The highest BCUT2D eigenvalue weighted by molar-refractivity contribution is 6.08. The number of carbonyl (C=O) groups is 2. The van der Waals surface area contributed by atoms with Gasteiger partial charge in [0.05, 0.1) is 5.69 Å². The number of amides is 1. The molecule has 4 nitrogen and oxygen atoms in total. The fourth-order valence-corrected chi connectivity index (χ4v) is 1.87. The van der Waals surface area contributed by atoms with Gasteiger partial charge in [0.2, 0.25) is 0 Å². The molecule has 2 aromatic rings. The van der Waals surface area contributed by atoms with Crippen LogP contribution in [0.5, 0.6) is 0 Å². The van der Waals surface area contributed by atoms with Gasteiger partial charge in [0.25, 0.3) is 5.91 Å². The maximum Gasteiger partial charge on any atom is 0.328 e. The van der Waals surface area contributed by atoms with Crippen molar-refractivity contribution in [2.75, 3.05) is 11.9 Å². The van der Waals surface area contributed by atoms with E-state index in [-0.39, 0.29) is 5.91 Å². The standard InChI is InChI=1S/C15H13NO3/c1-16(14(17)9-10-15(18)19)13-8-4-6-11-5-2-3-7-12(11)13/h2-10H,1H3,(H,18,19)/b10-9+. The summed E-state index contributed by atoms with van der Waals surface area (Å²) in [5.41, 5.74) is 0.748. The first-order valence-corrected chi connectivity index (χ1v) is 5.76. The number of fused-ring (bicyclic) bond motifs is 1. The Hall–Kier alpha value is -2.62. The van der Waals surface area contributed by atoms with Crippen LogP contribution in [-0.4, -0.2) is 24.0 Å². The monoisotopic (exact) mass is 255 g/mol. The molecule has 0 saturated heterocycles. The van der Waals surface area contributed by atoms with Gasteiger partial charge in [-0.1, -0.05) is 36.4 Å². The van der Waals surface area contributed by atoms with Crippen molar-refractivity contribution in [3.8, 4) is 0 Å². The van der Waals surface area contributed by atoms with Gasteiger partial charge < -0.3 is 10.0 Å². The lowest BCUT2D eigenvalue weighted by Crippen LogP contribution is -2.24. The number of hydrogen-bond donors (Lipinski definition) is 1. The molecule has 0 aromatic heterocycles. The molecular formula is C15H13NO3. The zero-order valence-corrected chi connectivity index (χ0v) is 10.4. The van der Waals surface area contributed by atoms with E-state index in [4.69, 9.17) is 5.11 Å². The van der Waals surface area contributed by atoms with Crippen molar-refractivity contribution in [3.63, 3.8) is 0 Å². The van der Waals surface area contributed by atoms with Gasteiger partial charge >= 0.3 is 5.97 Å². The Morgan fingerprint density at radius 1 is 1.05 bits per heavy atom. The number of likely N-dealkylation sites (N-methyl/N-ethyl adjacent to an activating group) is 1. The van der Waals surface area contributed by atoms with E-state index in [2.05, 4.69) is 0 Å². The minimum Gasteiger partial charge on any atom is -0.478 e. The first kappa shape index (κ1) is 12.8. The summed E-state index contributed by atoms with van der Waals surface area (Å²) in [5.74, 6) is -1.52. The van der Waals surface area contributed by atoms with Crippen LogP contribution in [0.3, 0.4) is 0 Å². The quantitative estimate of drug-likeness (QED) is 0.857. The van der Waals surface area contributed by atoms with Gasteiger partial charge in [-0.05, 0) is 11.5 Å². The summed E-state index contributed by atoms with van der Waals surface area (Å²) < 4.78 is 0. The molecule has 0 radical (unpaired) electrons. The number of carboxylic acids is 1. The molecule has 0 bridgehead atoms. The van der Waals surface area contributed by atoms with Gasteiger partial charge in [-0.25, -0.2) is 4.79 Å². The second-order valence-corrected chi connectivity index (χ2v) is 4.07. The highest BCUT2D eigenvalue weighted by atomic mass is 16.4. The Morgan fingerprint density at radius 2 is 1.74 bits per heavy atom. The number of anilines is 1. The molecule has 96 valence electrons. The zero-order chi connectivity index (χ0) is 13.8. The average molecular weight is 255 g/mol. The van der Waals surface area contributed by atoms with Gasteiger partial charge in [-0.2, -0.15) is 0 Å². The third kappa shape index (κ3) is 2.80. The summed E-state index contributed by atoms with van der Waals surface area (Å²) in [4.78, 5) is 23.7. The van der Waals surface area contributed by atoms with Crippen molar-refractivity contribution in [3.05, 3.63) is 54.6 Å². The normalized spacial score (nSPS) is 10.8. The molecule has 2 aromatic carbocycles. The maximum atomic E-state index is 11.9. The Bertz CT molecular complexity index is 656. The van der Waals surface area contributed by atoms with Crippen molar-refractivity contribution in [1.82, 2.24) is 0 Å². The third-order valence-corrected chi connectivity index (χ3v) is 2.83. The Labute approximate surface area is 110 Å². The molecular weight excluding hydrogens is 242 g/mol. The van der Waals surface area contributed by atoms with Gasteiger partial charge in [-0.3, -0.25) is 4.79 Å². The summed E-state index contributed by atoms with van der Waals surface area (Å²) in [7, 11) is 1.62. The van der Waals surface area contributed by atoms with Crippen LogP contribution in [0, 0.1) is 0 Å². The molecule has 4 heteroatoms.